The molecule has 0 bridgehead atoms. The van der Waals surface area contributed by atoms with Crippen molar-refractivity contribution in [2.45, 2.75) is 50.5 Å². The molecule has 0 aromatic heterocycles. The van der Waals surface area contributed by atoms with E-state index in [1.807, 2.05) is 12.1 Å². The molecule has 0 spiro atoms. The molecule has 5 heteroatoms. The van der Waals surface area contributed by atoms with E-state index in [0.29, 0.717) is 23.9 Å². The van der Waals surface area contributed by atoms with Crippen LogP contribution in [0.2, 0.25) is 0 Å². The summed E-state index contributed by atoms with van der Waals surface area (Å²) in [6.07, 6.45) is 3.81. The summed E-state index contributed by atoms with van der Waals surface area (Å²) in [4.78, 5) is 0.382. The number of benzene rings is 1. The molecule has 0 saturated carbocycles. The van der Waals surface area contributed by atoms with Gasteiger partial charge in [0.2, 0.25) is 10.0 Å². The lowest BCUT2D eigenvalue weighted by Crippen LogP contribution is -2.49. The first-order chi connectivity index (χ1) is 10.0. The van der Waals surface area contributed by atoms with E-state index in [4.69, 9.17) is 5.73 Å². The maximum Gasteiger partial charge on any atom is 0.243 e. The average Bonchev–Trinajstić information content (AvgIpc) is 2.54. The van der Waals surface area contributed by atoms with Crippen molar-refractivity contribution in [3.63, 3.8) is 0 Å². The van der Waals surface area contributed by atoms with Crippen molar-refractivity contribution >= 4 is 10.0 Å². The second-order valence-electron chi connectivity index (χ2n) is 5.80. The topological polar surface area (TPSA) is 63.4 Å². The summed E-state index contributed by atoms with van der Waals surface area (Å²) in [7, 11) is -3.43. The van der Waals surface area contributed by atoms with Gasteiger partial charge in [-0.2, -0.15) is 4.31 Å². The molecule has 1 fully saturated rings. The smallest absolute Gasteiger partial charge is 0.243 e. The van der Waals surface area contributed by atoms with E-state index >= 15 is 0 Å². The van der Waals surface area contributed by atoms with E-state index in [1.165, 1.54) is 0 Å². The molecule has 1 aliphatic rings. The Balaban J connectivity index is 2.25. The van der Waals surface area contributed by atoms with E-state index in [-0.39, 0.29) is 6.04 Å². The van der Waals surface area contributed by atoms with Crippen LogP contribution >= 0.6 is 0 Å². The average molecular weight is 310 g/mol. The SMILES string of the molecule is CCc1ccc(S(=O)(=O)N2CCC(CC)CC2CN)cc1. The Hall–Kier alpha value is -0.910. The predicted octanol–water partition coefficient (Wildman–Crippen LogP) is 2.39. The Morgan fingerprint density at radius 1 is 1.24 bits per heavy atom. The molecule has 1 saturated heterocycles. The Labute approximate surface area is 128 Å². The Bertz CT molecular complexity index is 554. The third kappa shape index (κ3) is 3.47. The first kappa shape index (κ1) is 16.5. The maximum absolute atomic E-state index is 12.8. The van der Waals surface area contributed by atoms with Crippen molar-refractivity contribution in [1.82, 2.24) is 4.31 Å². The van der Waals surface area contributed by atoms with Crippen LogP contribution in [-0.2, 0) is 16.4 Å². The lowest BCUT2D eigenvalue weighted by molar-refractivity contribution is 0.197. The predicted molar refractivity (Wildman–Crippen MR) is 85.6 cm³/mol. The zero-order valence-electron chi connectivity index (χ0n) is 13.0. The molecular weight excluding hydrogens is 284 g/mol. The van der Waals surface area contributed by atoms with Gasteiger partial charge in [0.05, 0.1) is 4.90 Å². The van der Waals surface area contributed by atoms with Gasteiger partial charge in [0.1, 0.15) is 0 Å². The minimum absolute atomic E-state index is 0.0699. The van der Waals surface area contributed by atoms with Gasteiger partial charge < -0.3 is 5.73 Å². The normalized spacial score (nSPS) is 24.1. The van der Waals surface area contributed by atoms with Crippen molar-refractivity contribution in [2.24, 2.45) is 11.7 Å². The number of rotatable bonds is 5. The van der Waals surface area contributed by atoms with Gasteiger partial charge in [-0.25, -0.2) is 8.42 Å². The van der Waals surface area contributed by atoms with Crippen LogP contribution < -0.4 is 5.73 Å². The quantitative estimate of drug-likeness (QED) is 0.908. The van der Waals surface area contributed by atoms with Crippen molar-refractivity contribution < 1.29 is 8.42 Å². The third-order valence-electron chi connectivity index (χ3n) is 4.56. The fourth-order valence-electron chi connectivity index (χ4n) is 3.05. The van der Waals surface area contributed by atoms with E-state index in [0.717, 1.165) is 31.2 Å². The van der Waals surface area contributed by atoms with E-state index in [1.54, 1.807) is 16.4 Å². The van der Waals surface area contributed by atoms with Gasteiger partial charge in [-0.15, -0.1) is 0 Å². The largest absolute Gasteiger partial charge is 0.329 e. The van der Waals surface area contributed by atoms with Crippen LogP contribution in [0.5, 0.6) is 0 Å². The van der Waals surface area contributed by atoms with Gasteiger partial charge in [-0.05, 0) is 42.9 Å². The van der Waals surface area contributed by atoms with Gasteiger partial charge in [-0.1, -0.05) is 32.4 Å². The molecule has 2 unspecified atom stereocenters. The zero-order valence-corrected chi connectivity index (χ0v) is 13.8. The summed E-state index contributed by atoms with van der Waals surface area (Å²) in [6, 6.07) is 7.15. The number of piperidine rings is 1. The molecule has 1 aromatic rings. The lowest BCUT2D eigenvalue weighted by atomic mass is 9.90. The van der Waals surface area contributed by atoms with Crippen LogP contribution in [0, 0.1) is 5.92 Å². The van der Waals surface area contributed by atoms with Gasteiger partial charge in [-0.3, -0.25) is 0 Å². The molecule has 21 heavy (non-hydrogen) atoms. The number of nitrogens with zero attached hydrogens (tertiary/aromatic N) is 1. The molecule has 0 amide bonds. The molecule has 118 valence electrons. The van der Waals surface area contributed by atoms with Crippen LogP contribution in [0.3, 0.4) is 0 Å². The lowest BCUT2D eigenvalue weighted by Gasteiger charge is -2.37. The second kappa shape index (κ2) is 6.90. The molecule has 4 nitrogen and oxygen atoms in total. The summed E-state index contributed by atoms with van der Waals surface area (Å²) >= 11 is 0. The number of hydrogen-bond donors (Lipinski definition) is 1. The molecule has 0 radical (unpaired) electrons. The number of nitrogens with two attached hydrogens (primary N) is 1. The highest BCUT2D eigenvalue weighted by Gasteiger charge is 2.35. The summed E-state index contributed by atoms with van der Waals surface area (Å²) < 4.78 is 27.3. The summed E-state index contributed by atoms with van der Waals surface area (Å²) in [6.45, 7) is 5.19. The molecule has 1 aromatic carbocycles. The summed E-state index contributed by atoms with van der Waals surface area (Å²) in [5.74, 6) is 0.590. The Morgan fingerprint density at radius 3 is 2.43 bits per heavy atom. The van der Waals surface area contributed by atoms with Crippen molar-refractivity contribution in [3.8, 4) is 0 Å². The standard InChI is InChI=1S/C16H26N2O2S/c1-3-13-5-7-16(8-6-13)21(19,20)18-10-9-14(4-2)11-15(18)12-17/h5-8,14-15H,3-4,9-12,17H2,1-2H3. The molecule has 2 atom stereocenters. The highest BCUT2D eigenvalue weighted by molar-refractivity contribution is 7.89. The first-order valence-corrected chi connectivity index (χ1v) is 9.27. The van der Waals surface area contributed by atoms with Crippen LogP contribution in [0.4, 0.5) is 0 Å². The molecule has 1 aliphatic heterocycles. The number of hydrogen-bond acceptors (Lipinski definition) is 3. The first-order valence-electron chi connectivity index (χ1n) is 7.83. The van der Waals surface area contributed by atoms with Gasteiger partial charge in [0.15, 0.2) is 0 Å². The number of aryl methyl sites for hydroxylation is 1. The highest BCUT2D eigenvalue weighted by Crippen LogP contribution is 2.29. The molecule has 0 aliphatic carbocycles. The number of sulfonamides is 1. The van der Waals surface area contributed by atoms with Crippen LogP contribution in [0.15, 0.2) is 29.2 Å². The van der Waals surface area contributed by atoms with E-state index < -0.39 is 10.0 Å². The van der Waals surface area contributed by atoms with Gasteiger partial charge in [0.25, 0.3) is 0 Å². The minimum Gasteiger partial charge on any atom is -0.329 e. The summed E-state index contributed by atoms with van der Waals surface area (Å²) in [5, 5.41) is 0. The minimum atomic E-state index is -3.43. The van der Waals surface area contributed by atoms with Gasteiger partial charge >= 0.3 is 0 Å². The maximum atomic E-state index is 12.8. The fourth-order valence-corrected chi connectivity index (χ4v) is 4.71. The van der Waals surface area contributed by atoms with Crippen molar-refractivity contribution in [1.29, 1.82) is 0 Å². The van der Waals surface area contributed by atoms with E-state index in [2.05, 4.69) is 13.8 Å². The van der Waals surface area contributed by atoms with Crippen LogP contribution in [0.25, 0.3) is 0 Å². The molecular formula is C16H26N2O2S. The summed E-state index contributed by atoms with van der Waals surface area (Å²) in [5.41, 5.74) is 6.97. The molecule has 2 N–H and O–H groups in total. The third-order valence-corrected chi connectivity index (χ3v) is 6.52. The van der Waals surface area contributed by atoms with Crippen LogP contribution in [0.1, 0.15) is 38.7 Å². The molecule has 1 heterocycles. The van der Waals surface area contributed by atoms with Crippen molar-refractivity contribution in [3.05, 3.63) is 29.8 Å². The monoisotopic (exact) mass is 310 g/mol. The fraction of sp³-hybridized carbons (Fsp3) is 0.625. The van der Waals surface area contributed by atoms with E-state index in [9.17, 15) is 8.42 Å². The second-order valence-corrected chi connectivity index (χ2v) is 7.69. The zero-order chi connectivity index (χ0) is 15.5. The Kier molecular flexibility index (Phi) is 5.41. The molecule has 2 rings (SSSR count). The Morgan fingerprint density at radius 2 is 1.90 bits per heavy atom. The van der Waals surface area contributed by atoms with Gasteiger partial charge in [0, 0.05) is 19.1 Å². The highest BCUT2D eigenvalue weighted by atomic mass is 32.2. The van der Waals surface area contributed by atoms with Crippen molar-refractivity contribution in [2.75, 3.05) is 13.1 Å². The van der Waals surface area contributed by atoms with Crippen LogP contribution in [-0.4, -0.2) is 31.9 Å².